The summed E-state index contributed by atoms with van der Waals surface area (Å²) >= 11 is 0. The van der Waals surface area contributed by atoms with Crippen LogP contribution in [0.3, 0.4) is 0 Å². The molecule has 1 fully saturated rings. The maximum Gasteiger partial charge on any atom is 0.251 e. The zero-order valence-electron chi connectivity index (χ0n) is 19.2. The van der Waals surface area contributed by atoms with Crippen molar-refractivity contribution in [1.82, 2.24) is 20.4 Å². The Morgan fingerprint density at radius 3 is 2.38 bits per heavy atom. The second kappa shape index (κ2) is 10.3. The molecule has 1 unspecified atom stereocenters. The highest BCUT2D eigenvalue weighted by molar-refractivity contribution is 5.97. The van der Waals surface area contributed by atoms with Gasteiger partial charge in [-0.15, -0.1) is 0 Å². The molecule has 0 aliphatic carbocycles. The van der Waals surface area contributed by atoms with Gasteiger partial charge >= 0.3 is 0 Å². The molecule has 0 spiro atoms. The predicted octanol–water partition coefficient (Wildman–Crippen LogP) is 1.27. The smallest absolute Gasteiger partial charge is 0.251 e. The van der Waals surface area contributed by atoms with Crippen LogP contribution in [0.5, 0.6) is 17.2 Å². The number of piperidine rings is 1. The lowest BCUT2D eigenvalue weighted by atomic mass is 10.1. The number of anilines is 1. The first-order chi connectivity index (χ1) is 15.4. The summed E-state index contributed by atoms with van der Waals surface area (Å²) in [6.45, 7) is 3.45. The Bertz CT molecular complexity index is 949. The van der Waals surface area contributed by atoms with Gasteiger partial charge in [0.1, 0.15) is 5.82 Å². The number of carbonyl (C=O) groups excluding carboxylic acids is 2. The average molecular weight is 446 g/mol. The molecule has 3 rings (SSSR count). The number of carbonyl (C=O) groups is 2. The van der Waals surface area contributed by atoms with Crippen LogP contribution in [0.25, 0.3) is 0 Å². The van der Waals surface area contributed by atoms with Gasteiger partial charge in [0.05, 0.1) is 33.6 Å². The highest BCUT2D eigenvalue weighted by Crippen LogP contribution is 2.38. The maximum atomic E-state index is 12.6. The fourth-order valence-corrected chi connectivity index (χ4v) is 3.95. The molecule has 2 N–H and O–H groups in total. The third-order valence-corrected chi connectivity index (χ3v) is 5.42. The SMILES string of the molecule is COc1cc(C(=O)NCC(=O)NC2CCCN(c3cc(C)nn3C)C2)cc(OC)c1OC. The van der Waals surface area contributed by atoms with Gasteiger partial charge in [-0.1, -0.05) is 0 Å². The molecule has 1 aliphatic heterocycles. The summed E-state index contributed by atoms with van der Waals surface area (Å²) in [7, 11) is 6.37. The molecule has 0 saturated carbocycles. The van der Waals surface area contributed by atoms with E-state index in [9.17, 15) is 9.59 Å². The Balaban J connectivity index is 1.56. The van der Waals surface area contributed by atoms with Gasteiger partial charge in [-0.05, 0) is 31.9 Å². The highest BCUT2D eigenvalue weighted by Gasteiger charge is 2.24. The van der Waals surface area contributed by atoms with Crippen LogP contribution in [0.15, 0.2) is 18.2 Å². The van der Waals surface area contributed by atoms with Gasteiger partial charge in [-0.3, -0.25) is 14.3 Å². The van der Waals surface area contributed by atoms with E-state index in [4.69, 9.17) is 14.2 Å². The zero-order chi connectivity index (χ0) is 23.3. The second-order valence-electron chi connectivity index (χ2n) is 7.72. The lowest BCUT2D eigenvalue weighted by molar-refractivity contribution is -0.120. The first kappa shape index (κ1) is 23.2. The van der Waals surface area contributed by atoms with Crippen molar-refractivity contribution in [2.75, 3.05) is 45.9 Å². The van der Waals surface area contributed by atoms with Crippen molar-refractivity contribution in [1.29, 1.82) is 0 Å². The standard InChI is InChI=1S/C22H31N5O5/c1-14-9-20(26(2)25-14)27-8-6-7-16(13-27)24-19(28)12-23-22(29)15-10-17(30-3)21(32-5)18(11-15)31-4/h9-11,16H,6-8,12-13H2,1-5H3,(H,23,29)(H,24,28). The first-order valence-electron chi connectivity index (χ1n) is 10.5. The number of hydrogen-bond donors (Lipinski definition) is 2. The molecule has 1 aliphatic rings. The Kier molecular flexibility index (Phi) is 7.45. The van der Waals surface area contributed by atoms with E-state index in [1.807, 2.05) is 24.7 Å². The van der Waals surface area contributed by atoms with Gasteiger partial charge in [0, 0.05) is 37.8 Å². The summed E-state index contributed by atoms with van der Waals surface area (Å²) in [6.07, 6.45) is 1.85. The molecule has 1 aromatic heterocycles. The number of nitrogens with one attached hydrogen (secondary N) is 2. The number of hydrogen-bond acceptors (Lipinski definition) is 7. The molecule has 32 heavy (non-hydrogen) atoms. The molecule has 10 heteroatoms. The molecule has 2 amide bonds. The number of aromatic nitrogens is 2. The van der Waals surface area contributed by atoms with Crippen molar-refractivity contribution in [2.45, 2.75) is 25.8 Å². The Hall–Kier alpha value is -3.43. The van der Waals surface area contributed by atoms with Gasteiger partial charge in [0.25, 0.3) is 5.91 Å². The van der Waals surface area contributed by atoms with E-state index in [2.05, 4.69) is 20.6 Å². The fraction of sp³-hybridized carbons (Fsp3) is 0.500. The fourth-order valence-electron chi connectivity index (χ4n) is 3.95. The molecule has 1 saturated heterocycles. The van der Waals surface area contributed by atoms with E-state index in [0.29, 0.717) is 29.4 Å². The third-order valence-electron chi connectivity index (χ3n) is 5.42. The average Bonchev–Trinajstić information content (AvgIpc) is 3.14. The van der Waals surface area contributed by atoms with Crippen LogP contribution in [0, 0.1) is 6.92 Å². The molecule has 2 aromatic rings. The quantitative estimate of drug-likeness (QED) is 0.630. The van der Waals surface area contributed by atoms with E-state index < -0.39 is 5.91 Å². The number of ether oxygens (including phenoxy) is 3. The van der Waals surface area contributed by atoms with Gasteiger partial charge in [0.2, 0.25) is 11.7 Å². The molecule has 1 aromatic carbocycles. The second-order valence-corrected chi connectivity index (χ2v) is 7.72. The number of benzene rings is 1. The van der Waals surface area contributed by atoms with E-state index in [1.165, 1.54) is 21.3 Å². The van der Waals surface area contributed by atoms with Crippen LogP contribution in [-0.2, 0) is 11.8 Å². The molecular formula is C22H31N5O5. The van der Waals surface area contributed by atoms with Crippen molar-refractivity contribution in [3.63, 3.8) is 0 Å². The van der Waals surface area contributed by atoms with Crippen LogP contribution >= 0.6 is 0 Å². The molecular weight excluding hydrogens is 414 g/mol. The summed E-state index contributed by atoms with van der Waals surface area (Å²) in [4.78, 5) is 27.3. The van der Waals surface area contributed by atoms with Gasteiger partial charge in [-0.25, -0.2) is 0 Å². The van der Waals surface area contributed by atoms with Crippen molar-refractivity contribution >= 4 is 17.6 Å². The molecule has 1 atom stereocenters. The Morgan fingerprint density at radius 1 is 1.12 bits per heavy atom. The van der Waals surface area contributed by atoms with Crippen LogP contribution in [0.2, 0.25) is 0 Å². The number of methoxy groups -OCH3 is 3. The minimum Gasteiger partial charge on any atom is -0.493 e. The lowest BCUT2D eigenvalue weighted by Crippen LogP contribution is -2.50. The van der Waals surface area contributed by atoms with E-state index >= 15 is 0 Å². The predicted molar refractivity (Wildman–Crippen MR) is 120 cm³/mol. The van der Waals surface area contributed by atoms with Crippen LogP contribution in [-0.4, -0.2) is 68.6 Å². The van der Waals surface area contributed by atoms with Crippen molar-refractivity contribution in [3.8, 4) is 17.2 Å². The minimum absolute atomic E-state index is 0.00420. The number of rotatable bonds is 8. The topological polar surface area (TPSA) is 107 Å². The van der Waals surface area contributed by atoms with Gasteiger partial charge in [0.15, 0.2) is 11.5 Å². The Labute approximate surface area is 187 Å². The van der Waals surface area contributed by atoms with Crippen LogP contribution in [0.4, 0.5) is 5.82 Å². The number of aryl methyl sites for hydroxylation is 2. The van der Waals surface area contributed by atoms with Crippen molar-refractivity contribution in [2.24, 2.45) is 7.05 Å². The van der Waals surface area contributed by atoms with Crippen molar-refractivity contribution in [3.05, 3.63) is 29.5 Å². The largest absolute Gasteiger partial charge is 0.493 e. The molecule has 2 heterocycles. The number of nitrogens with zero attached hydrogens (tertiary/aromatic N) is 3. The summed E-state index contributed by atoms with van der Waals surface area (Å²) in [5.41, 5.74) is 1.27. The summed E-state index contributed by atoms with van der Waals surface area (Å²) in [5, 5.41) is 10.1. The monoisotopic (exact) mass is 445 g/mol. The van der Waals surface area contributed by atoms with E-state index in [-0.39, 0.29) is 18.5 Å². The van der Waals surface area contributed by atoms with Gasteiger partial charge < -0.3 is 29.7 Å². The van der Waals surface area contributed by atoms with Gasteiger partial charge in [-0.2, -0.15) is 5.10 Å². The van der Waals surface area contributed by atoms with Crippen LogP contribution in [0.1, 0.15) is 28.9 Å². The summed E-state index contributed by atoms with van der Waals surface area (Å²) < 4.78 is 17.7. The molecule has 174 valence electrons. The van der Waals surface area contributed by atoms with Crippen molar-refractivity contribution < 1.29 is 23.8 Å². The molecule has 10 nitrogen and oxygen atoms in total. The Morgan fingerprint density at radius 2 is 1.81 bits per heavy atom. The highest BCUT2D eigenvalue weighted by atomic mass is 16.5. The normalized spacial score (nSPS) is 15.8. The van der Waals surface area contributed by atoms with E-state index in [0.717, 1.165) is 30.9 Å². The third kappa shape index (κ3) is 5.24. The summed E-state index contributed by atoms with van der Waals surface area (Å²) in [6, 6.07) is 5.14. The minimum atomic E-state index is -0.407. The van der Waals surface area contributed by atoms with E-state index in [1.54, 1.807) is 12.1 Å². The maximum absolute atomic E-state index is 12.6. The zero-order valence-corrected chi connectivity index (χ0v) is 19.2. The number of amides is 2. The molecule has 0 radical (unpaired) electrons. The first-order valence-corrected chi connectivity index (χ1v) is 10.5. The van der Waals surface area contributed by atoms with Crippen LogP contribution < -0.4 is 29.7 Å². The summed E-state index contributed by atoms with van der Waals surface area (Å²) in [5.74, 6) is 1.53. The molecule has 0 bridgehead atoms. The lowest BCUT2D eigenvalue weighted by Gasteiger charge is -2.34.